The van der Waals surface area contributed by atoms with Gasteiger partial charge >= 0.3 is 0 Å². The second-order valence-corrected chi connectivity index (χ2v) is 10.8. The Labute approximate surface area is 212 Å². The highest BCUT2D eigenvalue weighted by molar-refractivity contribution is 7.86. The summed E-state index contributed by atoms with van der Waals surface area (Å²) in [5.74, 6) is 0. The van der Waals surface area contributed by atoms with Crippen molar-refractivity contribution < 1.29 is 37.4 Å². The van der Waals surface area contributed by atoms with Crippen LogP contribution in [0.15, 0.2) is 107 Å². The first-order chi connectivity index (χ1) is 16.8. The maximum absolute atomic E-state index is 11.0. The van der Waals surface area contributed by atoms with Crippen LogP contribution in [-0.2, 0) is 20.2 Å². The lowest BCUT2D eigenvalue weighted by Crippen LogP contribution is -2.51. The highest BCUT2D eigenvalue weighted by Gasteiger charge is 2.12. The molecule has 0 aliphatic rings. The maximum Gasteiger partial charge on any atom is 0.125 e. The third-order valence-corrected chi connectivity index (χ3v) is 6.91. The van der Waals surface area contributed by atoms with Gasteiger partial charge in [-0.05, 0) is 26.0 Å². The molecule has 0 aromatic heterocycles. The Bertz CT molecular complexity index is 1360. The minimum Gasteiger partial charge on any atom is -0.744 e. The monoisotopic (exact) mass is 530 g/mol. The van der Waals surface area contributed by atoms with Crippen molar-refractivity contribution in [2.75, 3.05) is 0 Å². The van der Waals surface area contributed by atoms with Crippen LogP contribution in [-0.4, -0.2) is 25.9 Å². The van der Waals surface area contributed by atoms with E-state index in [2.05, 4.69) is 49.6 Å². The lowest BCUT2D eigenvalue weighted by Gasteiger charge is -2.14. The first-order valence-electron chi connectivity index (χ1n) is 11.0. The van der Waals surface area contributed by atoms with E-state index in [4.69, 9.17) is 0 Å². The van der Waals surface area contributed by atoms with Gasteiger partial charge in [-0.2, -0.15) is 0 Å². The minimum atomic E-state index is -4.74. The van der Waals surface area contributed by atoms with Crippen molar-refractivity contribution in [1.29, 1.82) is 0 Å². The van der Waals surface area contributed by atoms with Crippen LogP contribution >= 0.6 is 0 Å². The second-order valence-electron chi connectivity index (χ2n) is 8.14. The predicted octanol–water partition coefficient (Wildman–Crippen LogP) is 2.63. The molecule has 0 radical (unpaired) electrons. The zero-order valence-electron chi connectivity index (χ0n) is 20.1. The smallest absolute Gasteiger partial charge is 0.125 e. The van der Waals surface area contributed by atoms with E-state index < -0.39 is 30.0 Å². The minimum absolute atomic E-state index is 0.0792. The van der Waals surface area contributed by atoms with Crippen molar-refractivity contribution >= 4 is 31.0 Å². The first-order valence-corrected chi connectivity index (χ1v) is 13.8. The average molecular weight is 531 g/mol. The molecule has 0 heterocycles. The molecule has 0 saturated heterocycles. The molecule has 0 bridgehead atoms. The van der Waals surface area contributed by atoms with Crippen LogP contribution in [0.5, 0.6) is 0 Å². The van der Waals surface area contributed by atoms with Crippen molar-refractivity contribution in [2.24, 2.45) is 0 Å². The highest BCUT2D eigenvalue weighted by atomic mass is 32.2. The summed E-state index contributed by atoms with van der Waals surface area (Å²) in [6.45, 7) is 4.19. The van der Waals surface area contributed by atoms with Gasteiger partial charge in [0.1, 0.15) is 32.3 Å². The molecule has 10 heteroatoms. The molecule has 192 valence electrons. The number of benzene rings is 4. The molecule has 4 aromatic rings. The van der Waals surface area contributed by atoms with E-state index in [1.54, 1.807) is 0 Å². The number of rotatable bonds is 4. The molecule has 0 amide bonds. The van der Waals surface area contributed by atoms with E-state index >= 15 is 0 Å². The Hall–Kier alpha value is -3.12. The quantitative estimate of drug-likeness (QED) is 0.384. The molecule has 36 heavy (non-hydrogen) atoms. The summed E-state index contributed by atoms with van der Waals surface area (Å²) in [4.78, 5) is -1.10. The summed E-state index contributed by atoms with van der Waals surface area (Å²) >= 11 is 0. The molecule has 4 aromatic carbocycles. The van der Waals surface area contributed by atoms with E-state index in [9.17, 15) is 25.9 Å². The fourth-order valence-electron chi connectivity index (χ4n) is 3.25. The lowest BCUT2D eigenvalue weighted by molar-refractivity contribution is -0.420. The van der Waals surface area contributed by atoms with E-state index in [0.29, 0.717) is 12.1 Å². The number of hydrogen-bond acceptors (Lipinski definition) is 6. The normalized spacial score (nSPS) is 12.9. The number of quaternary nitrogens is 2. The summed E-state index contributed by atoms with van der Waals surface area (Å²) in [7, 11) is -9.48. The Morgan fingerprint density at radius 1 is 0.528 bits per heavy atom. The number of hydrogen-bond donors (Lipinski definition) is 2. The summed E-state index contributed by atoms with van der Waals surface area (Å²) in [5, 5.41) is -0.158. The second kappa shape index (κ2) is 12.7. The van der Waals surface area contributed by atoms with E-state index in [1.165, 1.54) is 35.4 Å². The molecule has 4 rings (SSSR count). The summed E-state index contributed by atoms with van der Waals surface area (Å²) in [6.07, 6.45) is 0. The molecular formula is C26H30N2O6S2. The van der Waals surface area contributed by atoms with Crippen molar-refractivity contribution in [3.05, 3.63) is 108 Å². The van der Waals surface area contributed by atoms with Gasteiger partial charge in [-0.25, -0.2) is 16.8 Å². The molecule has 0 spiro atoms. The Morgan fingerprint density at radius 3 is 1.06 bits per heavy atom. The van der Waals surface area contributed by atoms with Crippen LogP contribution in [0.3, 0.4) is 0 Å². The van der Waals surface area contributed by atoms with Gasteiger partial charge in [-0.15, -0.1) is 0 Å². The van der Waals surface area contributed by atoms with Gasteiger partial charge in [0.2, 0.25) is 0 Å². The zero-order chi connectivity index (χ0) is 26.9. The van der Waals surface area contributed by atoms with Crippen LogP contribution in [0, 0.1) is 0 Å². The van der Waals surface area contributed by atoms with E-state index in [0.717, 1.165) is 12.1 Å². The Balaban J connectivity index is 0.000000212. The molecule has 0 aliphatic heterocycles. The molecular weight excluding hydrogens is 500 g/mol. The van der Waals surface area contributed by atoms with Crippen LogP contribution in [0.2, 0.25) is 0 Å². The fraction of sp³-hybridized carbons (Fsp3) is 0.154. The zero-order valence-corrected chi connectivity index (χ0v) is 21.7. The van der Waals surface area contributed by atoms with E-state index in [1.807, 2.05) is 36.4 Å². The van der Waals surface area contributed by atoms with Crippen molar-refractivity contribution in [3.8, 4) is 0 Å². The van der Waals surface area contributed by atoms with Crippen LogP contribution in [0.1, 0.15) is 37.1 Å². The molecule has 0 saturated carbocycles. The third-order valence-electron chi connectivity index (χ3n) is 5.12. The Kier molecular flexibility index (Phi) is 10.3. The SMILES string of the molecule is C[C@@H]([NH3+])c1ccccc1.C[C@H]([NH3+])c1ccccc1.O=S(=O)([O-])c1cccc2c(S(=O)(=O)[O-])cccc12. The van der Waals surface area contributed by atoms with Gasteiger partial charge < -0.3 is 20.6 Å². The fourth-order valence-corrected chi connectivity index (χ4v) is 4.64. The van der Waals surface area contributed by atoms with E-state index in [-0.39, 0.29) is 10.8 Å². The van der Waals surface area contributed by atoms with Gasteiger partial charge in [0, 0.05) is 21.9 Å². The van der Waals surface area contributed by atoms with Gasteiger partial charge in [-0.1, -0.05) is 84.9 Å². The molecule has 0 unspecified atom stereocenters. The van der Waals surface area contributed by atoms with Crippen molar-refractivity contribution in [2.45, 2.75) is 35.7 Å². The maximum atomic E-state index is 11.0. The topological polar surface area (TPSA) is 170 Å². The highest BCUT2D eigenvalue weighted by Crippen LogP contribution is 2.27. The average Bonchev–Trinajstić information content (AvgIpc) is 2.84. The van der Waals surface area contributed by atoms with Crippen LogP contribution < -0.4 is 11.5 Å². The summed E-state index contributed by atoms with van der Waals surface area (Å²) < 4.78 is 66.1. The van der Waals surface area contributed by atoms with Gasteiger partial charge in [0.15, 0.2) is 0 Å². The van der Waals surface area contributed by atoms with Gasteiger partial charge in [-0.3, -0.25) is 0 Å². The molecule has 0 fully saturated rings. The predicted molar refractivity (Wildman–Crippen MR) is 135 cm³/mol. The largest absolute Gasteiger partial charge is 0.744 e. The molecule has 0 aliphatic carbocycles. The Morgan fingerprint density at radius 2 is 0.833 bits per heavy atom. The summed E-state index contributed by atoms with van der Waals surface area (Å²) in [5.41, 5.74) is 10.4. The molecule has 2 atom stereocenters. The van der Waals surface area contributed by atoms with Crippen molar-refractivity contribution in [1.82, 2.24) is 0 Å². The molecule has 8 nitrogen and oxygen atoms in total. The van der Waals surface area contributed by atoms with Gasteiger partial charge in [0.05, 0.1) is 9.79 Å². The van der Waals surface area contributed by atoms with Crippen LogP contribution in [0.4, 0.5) is 0 Å². The summed E-state index contributed by atoms with van der Waals surface area (Å²) in [6, 6.07) is 28.5. The lowest BCUT2D eigenvalue weighted by atomic mass is 10.1. The number of fused-ring (bicyclic) bond motifs is 1. The van der Waals surface area contributed by atoms with Crippen molar-refractivity contribution in [3.63, 3.8) is 0 Å². The standard InChI is InChI=1S/C10H8O6S2.2C8H11N/c11-17(12,13)9-5-1-3-7-8(9)4-2-6-10(7)18(14,15)16;2*1-7(9)8-5-3-2-4-6-8/h1-6H,(H,11,12,13)(H,14,15,16);2*2-7H,9H2,1H3/t;2*7-/m.10/s1. The molecule has 6 N–H and O–H groups in total. The first kappa shape index (κ1) is 29.1. The third kappa shape index (κ3) is 8.52. The van der Waals surface area contributed by atoms with Gasteiger partial charge in [0.25, 0.3) is 0 Å². The van der Waals surface area contributed by atoms with Crippen LogP contribution in [0.25, 0.3) is 10.8 Å².